The first kappa shape index (κ1) is 31.8. The molecule has 2 aliphatic carbocycles. The lowest BCUT2D eigenvalue weighted by molar-refractivity contribution is -0.119. The van der Waals surface area contributed by atoms with Gasteiger partial charge in [-0.2, -0.15) is 0 Å². The summed E-state index contributed by atoms with van der Waals surface area (Å²) in [5.74, 6) is 0.998. The zero-order valence-electron chi connectivity index (χ0n) is 27.5. The van der Waals surface area contributed by atoms with E-state index in [2.05, 4.69) is 76.4 Å². The normalized spacial score (nSPS) is 19.6. The highest BCUT2D eigenvalue weighted by Crippen LogP contribution is 2.55. The van der Waals surface area contributed by atoms with Gasteiger partial charge in [-0.3, -0.25) is 9.59 Å². The second-order valence-corrected chi connectivity index (χ2v) is 14.2. The van der Waals surface area contributed by atoms with E-state index in [9.17, 15) is 9.59 Å². The Bertz CT molecular complexity index is 1470. The number of benzene rings is 2. The minimum atomic E-state index is -0.463. The van der Waals surface area contributed by atoms with Crippen LogP contribution in [0.4, 0.5) is 0 Å². The number of aryl methyl sites for hydroxylation is 1. The van der Waals surface area contributed by atoms with E-state index >= 15 is 0 Å². The third-order valence-electron chi connectivity index (χ3n) is 9.12. The average Bonchev–Trinajstić information content (AvgIpc) is 2.94. The SMILES string of the molecule is C=CCc1cc(C2C3=C(CC(C)(C)CC3=O)N(CCOC)C3=C2C(=O)CC(C)(C)C3)cc(OC)c1OCc1ccc(C)cc1. The topological polar surface area (TPSA) is 65.1 Å². The summed E-state index contributed by atoms with van der Waals surface area (Å²) in [6.07, 6.45) is 4.80. The maximum absolute atomic E-state index is 14.1. The van der Waals surface area contributed by atoms with Crippen LogP contribution in [-0.2, 0) is 27.4 Å². The van der Waals surface area contributed by atoms with Gasteiger partial charge < -0.3 is 19.1 Å². The van der Waals surface area contributed by atoms with Crippen molar-refractivity contribution in [1.82, 2.24) is 4.90 Å². The first-order chi connectivity index (χ1) is 20.9. The third kappa shape index (κ3) is 6.28. The van der Waals surface area contributed by atoms with Crippen LogP contribution in [0, 0.1) is 17.8 Å². The van der Waals surface area contributed by atoms with E-state index in [1.807, 2.05) is 12.1 Å². The molecule has 0 aromatic heterocycles. The van der Waals surface area contributed by atoms with Crippen LogP contribution in [0.3, 0.4) is 0 Å². The van der Waals surface area contributed by atoms with Gasteiger partial charge in [0, 0.05) is 60.5 Å². The van der Waals surface area contributed by atoms with Gasteiger partial charge in [0.2, 0.25) is 0 Å². The minimum Gasteiger partial charge on any atom is -0.493 e. The Kier molecular flexibility index (Phi) is 8.95. The number of Topliss-reactive ketones (excluding diaryl/α,β-unsaturated/α-hetero) is 2. The molecule has 0 saturated carbocycles. The Hall–Kier alpha value is -3.64. The molecule has 2 aromatic rings. The highest BCUT2D eigenvalue weighted by molar-refractivity contribution is 6.06. The van der Waals surface area contributed by atoms with E-state index in [0.29, 0.717) is 50.5 Å². The van der Waals surface area contributed by atoms with E-state index in [4.69, 9.17) is 14.2 Å². The zero-order valence-corrected chi connectivity index (χ0v) is 27.5. The van der Waals surface area contributed by atoms with Crippen LogP contribution in [-0.4, -0.2) is 43.8 Å². The van der Waals surface area contributed by atoms with E-state index < -0.39 is 5.92 Å². The molecule has 1 heterocycles. The van der Waals surface area contributed by atoms with Crippen molar-refractivity contribution in [3.63, 3.8) is 0 Å². The monoisotopic (exact) mass is 597 g/mol. The first-order valence-electron chi connectivity index (χ1n) is 15.7. The maximum Gasteiger partial charge on any atom is 0.165 e. The lowest BCUT2D eigenvalue weighted by atomic mass is 9.63. The van der Waals surface area contributed by atoms with Crippen molar-refractivity contribution in [1.29, 1.82) is 0 Å². The molecule has 0 spiro atoms. The Morgan fingerprint density at radius 2 is 1.50 bits per heavy atom. The largest absolute Gasteiger partial charge is 0.493 e. The standard InChI is InChI=1S/C38H47NO5/c1-9-10-26-17-27(18-32(43-8)36(26)44-23-25-13-11-24(2)12-14-25)33-34-28(19-37(3,4)21-30(34)40)39(15-16-42-7)29-20-38(5,6)22-31(41)35(29)33/h9,11-14,17-18,33H,1,10,15-16,19-23H2,2-8H3. The Labute approximate surface area is 262 Å². The second-order valence-electron chi connectivity index (χ2n) is 14.2. The zero-order chi connectivity index (χ0) is 31.8. The summed E-state index contributed by atoms with van der Waals surface area (Å²) in [5, 5.41) is 0. The summed E-state index contributed by atoms with van der Waals surface area (Å²) in [6.45, 7) is 16.2. The molecule has 6 heteroatoms. The fraction of sp³-hybridized carbons (Fsp3) is 0.474. The van der Waals surface area contributed by atoms with Crippen LogP contribution < -0.4 is 9.47 Å². The van der Waals surface area contributed by atoms with Gasteiger partial charge in [0.1, 0.15) is 6.61 Å². The smallest absolute Gasteiger partial charge is 0.165 e. The van der Waals surface area contributed by atoms with E-state index in [1.54, 1.807) is 14.2 Å². The van der Waals surface area contributed by atoms with Crippen LogP contribution in [0.2, 0.25) is 0 Å². The number of allylic oxidation sites excluding steroid dienone is 5. The molecule has 0 N–H and O–H groups in total. The summed E-state index contributed by atoms with van der Waals surface area (Å²) in [7, 11) is 3.33. The van der Waals surface area contributed by atoms with Crippen molar-refractivity contribution < 1.29 is 23.8 Å². The highest BCUT2D eigenvalue weighted by Gasteiger charge is 2.49. The Balaban J connectivity index is 1.69. The number of methoxy groups -OCH3 is 2. The molecule has 3 aliphatic rings. The van der Waals surface area contributed by atoms with Crippen LogP contribution in [0.25, 0.3) is 0 Å². The summed E-state index contributed by atoms with van der Waals surface area (Å²) < 4.78 is 17.9. The average molecular weight is 598 g/mol. The first-order valence-corrected chi connectivity index (χ1v) is 15.7. The van der Waals surface area contributed by atoms with Gasteiger partial charge in [0.05, 0.1) is 13.7 Å². The molecule has 1 aliphatic heterocycles. The predicted molar refractivity (Wildman–Crippen MR) is 174 cm³/mol. The molecule has 0 saturated heterocycles. The molecule has 0 bridgehead atoms. The van der Waals surface area contributed by atoms with Gasteiger partial charge in [-0.1, -0.05) is 69.7 Å². The summed E-state index contributed by atoms with van der Waals surface area (Å²) in [5.41, 5.74) is 7.23. The second kappa shape index (κ2) is 12.4. The third-order valence-corrected chi connectivity index (χ3v) is 9.12. The van der Waals surface area contributed by atoms with Crippen LogP contribution in [0.15, 0.2) is 71.6 Å². The van der Waals surface area contributed by atoms with Gasteiger partial charge >= 0.3 is 0 Å². The van der Waals surface area contributed by atoms with Crippen LogP contribution >= 0.6 is 0 Å². The number of ether oxygens (including phenoxy) is 3. The quantitative estimate of drug-likeness (QED) is 0.262. The van der Waals surface area contributed by atoms with Gasteiger partial charge in [-0.05, 0) is 54.2 Å². The molecule has 5 rings (SSSR count). The highest BCUT2D eigenvalue weighted by atomic mass is 16.5. The molecule has 0 fully saturated rings. The maximum atomic E-state index is 14.1. The number of rotatable bonds is 10. The summed E-state index contributed by atoms with van der Waals surface area (Å²) in [6, 6.07) is 12.3. The summed E-state index contributed by atoms with van der Waals surface area (Å²) in [4.78, 5) is 30.6. The number of ketones is 2. The molecule has 0 radical (unpaired) electrons. The molecule has 234 valence electrons. The van der Waals surface area contributed by atoms with Crippen molar-refractivity contribution in [2.75, 3.05) is 27.4 Å². The number of hydrogen-bond donors (Lipinski definition) is 0. The molecule has 0 unspecified atom stereocenters. The van der Waals surface area contributed by atoms with Crippen LogP contribution in [0.1, 0.15) is 81.5 Å². The number of carbonyl (C=O) groups excluding carboxylic acids is 2. The Morgan fingerprint density at radius 1 is 0.909 bits per heavy atom. The number of nitrogens with zero attached hydrogens (tertiary/aromatic N) is 1. The van der Waals surface area contributed by atoms with E-state index in [-0.39, 0.29) is 22.4 Å². The molecule has 44 heavy (non-hydrogen) atoms. The molecule has 0 atom stereocenters. The van der Waals surface area contributed by atoms with Gasteiger partial charge in [0.15, 0.2) is 23.1 Å². The lowest BCUT2D eigenvalue weighted by Crippen LogP contribution is -2.45. The fourth-order valence-corrected chi connectivity index (χ4v) is 7.15. The van der Waals surface area contributed by atoms with Crippen molar-refractivity contribution in [2.45, 2.75) is 79.2 Å². The molecule has 6 nitrogen and oxygen atoms in total. The molecule has 2 aromatic carbocycles. The van der Waals surface area contributed by atoms with E-state index in [0.717, 1.165) is 52.1 Å². The van der Waals surface area contributed by atoms with Gasteiger partial charge in [0.25, 0.3) is 0 Å². The van der Waals surface area contributed by atoms with Crippen molar-refractivity contribution in [3.8, 4) is 11.5 Å². The lowest BCUT2D eigenvalue weighted by Gasteiger charge is -2.49. The van der Waals surface area contributed by atoms with Crippen molar-refractivity contribution >= 4 is 11.6 Å². The van der Waals surface area contributed by atoms with Crippen molar-refractivity contribution in [3.05, 3.63) is 93.8 Å². The van der Waals surface area contributed by atoms with Gasteiger partial charge in [-0.25, -0.2) is 0 Å². The Morgan fingerprint density at radius 3 is 2.02 bits per heavy atom. The molecule has 0 amide bonds. The summed E-state index contributed by atoms with van der Waals surface area (Å²) >= 11 is 0. The predicted octanol–water partition coefficient (Wildman–Crippen LogP) is 7.64. The van der Waals surface area contributed by atoms with E-state index in [1.165, 1.54) is 5.56 Å². The minimum absolute atomic E-state index is 0.108. The molecular weight excluding hydrogens is 550 g/mol. The number of hydrogen-bond acceptors (Lipinski definition) is 6. The fourth-order valence-electron chi connectivity index (χ4n) is 7.15. The van der Waals surface area contributed by atoms with Gasteiger partial charge in [-0.15, -0.1) is 6.58 Å². The molecular formula is C38H47NO5. The van der Waals surface area contributed by atoms with Crippen molar-refractivity contribution in [2.24, 2.45) is 10.8 Å². The van der Waals surface area contributed by atoms with Crippen LogP contribution in [0.5, 0.6) is 11.5 Å². The number of carbonyl (C=O) groups is 2.